The maximum atomic E-state index is 12.5. The molecule has 0 saturated carbocycles. The number of carbonyl (C=O) groups is 1. The zero-order valence-electron chi connectivity index (χ0n) is 17.2. The van der Waals surface area contributed by atoms with Crippen LogP contribution < -0.4 is 10.1 Å². The van der Waals surface area contributed by atoms with Crippen LogP contribution in [0.15, 0.2) is 48.5 Å². The number of ether oxygens (including phenoxy) is 1. The Kier molecular flexibility index (Phi) is 7.26. The third-order valence-electron chi connectivity index (χ3n) is 5.57. The Hall–Kier alpha value is -2.84. The summed E-state index contributed by atoms with van der Waals surface area (Å²) in [4.78, 5) is 15.1. The van der Waals surface area contributed by atoms with Crippen LogP contribution in [0.2, 0.25) is 0 Å². The number of nitrogens with zero attached hydrogens (tertiary/aromatic N) is 2. The molecule has 0 aliphatic carbocycles. The van der Waals surface area contributed by atoms with Crippen LogP contribution in [0.25, 0.3) is 0 Å². The number of benzene rings is 2. The van der Waals surface area contributed by atoms with Gasteiger partial charge in [-0.2, -0.15) is 5.26 Å². The lowest BCUT2D eigenvalue weighted by atomic mass is 10.0. The average Bonchev–Trinajstić information content (AvgIpc) is 2.74. The highest BCUT2D eigenvalue weighted by atomic mass is 16.5. The number of nitriles is 1. The molecule has 2 aromatic carbocycles. The van der Waals surface area contributed by atoms with Crippen molar-refractivity contribution in [1.82, 2.24) is 10.2 Å². The SMILES string of the molecule is C[C@@H](Oc1ccccc1C#N)C(=O)NCc1ccccc1CN1CCCC[C@@H]1C. The Labute approximate surface area is 173 Å². The van der Waals surface area contributed by atoms with Crippen LogP contribution in [0.5, 0.6) is 5.75 Å². The van der Waals surface area contributed by atoms with Crippen molar-refractivity contribution >= 4 is 5.91 Å². The molecular formula is C24H29N3O2. The molecule has 1 N–H and O–H groups in total. The van der Waals surface area contributed by atoms with Gasteiger partial charge in [0.15, 0.2) is 6.10 Å². The van der Waals surface area contributed by atoms with Crippen molar-refractivity contribution in [2.45, 2.75) is 58.3 Å². The Bertz CT molecular complexity index is 874. The van der Waals surface area contributed by atoms with Crippen molar-refractivity contribution in [2.75, 3.05) is 6.54 Å². The first-order chi connectivity index (χ1) is 14.1. The van der Waals surface area contributed by atoms with Gasteiger partial charge in [0.2, 0.25) is 0 Å². The Morgan fingerprint density at radius 1 is 1.21 bits per heavy atom. The van der Waals surface area contributed by atoms with Gasteiger partial charge in [-0.1, -0.05) is 42.8 Å². The molecule has 1 fully saturated rings. The third kappa shape index (κ3) is 5.58. The van der Waals surface area contributed by atoms with Gasteiger partial charge >= 0.3 is 0 Å². The molecular weight excluding hydrogens is 362 g/mol. The minimum absolute atomic E-state index is 0.195. The van der Waals surface area contributed by atoms with E-state index in [1.54, 1.807) is 31.2 Å². The molecule has 29 heavy (non-hydrogen) atoms. The Morgan fingerprint density at radius 3 is 2.69 bits per heavy atom. The number of hydrogen-bond acceptors (Lipinski definition) is 4. The molecule has 0 spiro atoms. The second-order valence-corrected chi connectivity index (χ2v) is 7.67. The molecule has 2 atom stereocenters. The predicted molar refractivity (Wildman–Crippen MR) is 113 cm³/mol. The van der Waals surface area contributed by atoms with Crippen molar-refractivity contribution in [3.05, 3.63) is 65.2 Å². The highest BCUT2D eigenvalue weighted by Gasteiger charge is 2.20. The van der Waals surface area contributed by atoms with Gasteiger partial charge in [0.1, 0.15) is 11.8 Å². The molecule has 1 aliphatic rings. The molecule has 0 bridgehead atoms. The number of carbonyl (C=O) groups excluding carboxylic acids is 1. The number of rotatable bonds is 7. The van der Waals surface area contributed by atoms with Crippen LogP contribution in [-0.2, 0) is 17.9 Å². The maximum absolute atomic E-state index is 12.5. The molecule has 2 aromatic rings. The summed E-state index contributed by atoms with van der Waals surface area (Å²) in [6.07, 6.45) is 3.13. The van der Waals surface area contributed by atoms with Crippen LogP contribution in [0.4, 0.5) is 0 Å². The molecule has 0 aromatic heterocycles. The van der Waals surface area contributed by atoms with Crippen LogP contribution in [0, 0.1) is 11.3 Å². The van der Waals surface area contributed by atoms with E-state index in [1.807, 2.05) is 6.07 Å². The number of nitrogens with one attached hydrogen (secondary N) is 1. The lowest BCUT2D eigenvalue weighted by molar-refractivity contribution is -0.127. The molecule has 1 saturated heterocycles. The Balaban J connectivity index is 1.59. The van der Waals surface area contributed by atoms with Gasteiger partial charge in [-0.25, -0.2) is 0 Å². The summed E-state index contributed by atoms with van der Waals surface area (Å²) in [7, 11) is 0. The van der Waals surface area contributed by atoms with Gasteiger partial charge in [-0.3, -0.25) is 9.69 Å². The summed E-state index contributed by atoms with van der Waals surface area (Å²) in [6, 6.07) is 17.9. The van der Waals surface area contributed by atoms with Gasteiger partial charge in [0.25, 0.3) is 5.91 Å². The van der Waals surface area contributed by atoms with Crippen LogP contribution in [0.3, 0.4) is 0 Å². The van der Waals surface area contributed by atoms with E-state index in [9.17, 15) is 10.1 Å². The maximum Gasteiger partial charge on any atom is 0.261 e. The summed E-state index contributed by atoms with van der Waals surface area (Å²) < 4.78 is 5.71. The van der Waals surface area contributed by atoms with Gasteiger partial charge in [0.05, 0.1) is 5.56 Å². The molecule has 1 heterocycles. The fourth-order valence-corrected chi connectivity index (χ4v) is 3.73. The fraction of sp³-hybridized carbons (Fsp3) is 0.417. The van der Waals surface area contributed by atoms with Crippen molar-refractivity contribution in [3.8, 4) is 11.8 Å². The number of likely N-dealkylation sites (tertiary alicyclic amines) is 1. The summed E-state index contributed by atoms with van der Waals surface area (Å²) in [5.74, 6) is 0.232. The first-order valence-corrected chi connectivity index (χ1v) is 10.3. The minimum atomic E-state index is -0.682. The standard InChI is InChI=1S/C24H29N3O2/c1-18-9-7-8-14-27(18)17-22-12-4-3-11-21(22)16-26-24(28)19(2)29-23-13-6-5-10-20(23)15-25/h3-6,10-13,18-19H,7-9,14,16-17H2,1-2H3,(H,26,28)/t18-,19+/m0/s1. The van der Waals surface area contributed by atoms with E-state index >= 15 is 0 Å². The highest BCUT2D eigenvalue weighted by Crippen LogP contribution is 2.21. The zero-order valence-corrected chi connectivity index (χ0v) is 17.2. The summed E-state index contributed by atoms with van der Waals surface area (Å²) in [6.45, 7) is 6.50. The fourth-order valence-electron chi connectivity index (χ4n) is 3.73. The van der Waals surface area contributed by atoms with E-state index in [2.05, 4.69) is 41.4 Å². The highest BCUT2D eigenvalue weighted by molar-refractivity contribution is 5.80. The van der Waals surface area contributed by atoms with Crippen LogP contribution in [0.1, 0.15) is 49.8 Å². The van der Waals surface area contributed by atoms with Crippen LogP contribution >= 0.6 is 0 Å². The number of para-hydroxylation sites is 1. The van der Waals surface area contributed by atoms with Crippen molar-refractivity contribution in [1.29, 1.82) is 5.26 Å². The van der Waals surface area contributed by atoms with Gasteiger partial charge in [0, 0.05) is 19.1 Å². The minimum Gasteiger partial charge on any atom is -0.480 e. The quantitative estimate of drug-likeness (QED) is 0.774. The van der Waals surface area contributed by atoms with Crippen molar-refractivity contribution < 1.29 is 9.53 Å². The normalized spacial score (nSPS) is 17.9. The first kappa shape index (κ1) is 20.9. The smallest absolute Gasteiger partial charge is 0.261 e. The lowest BCUT2D eigenvalue weighted by Crippen LogP contribution is -2.38. The van der Waals surface area contributed by atoms with Crippen molar-refractivity contribution in [3.63, 3.8) is 0 Å². The van der Waals surface area contributed by atoms with E-state index < -0.39 is 6.10 Å². The first-order valence-electron chi connectivity index (χ1n) is 10.3. The van der Waals surface area contributed by atoms with Gasteiger partial charge in [-0.15, -0.1) is 0 Å². The molecule has 3 rings (SSSR count). The van der Waals surface area contributed by atoms with Crippen molar-refractivity contribution in [2.24, 2.45) is 0 Å². The summed E-state index contributed by atoms with van der Waals surface area (Å²) in [5, 5.41) is 12.2. The molecule has 1 aliphatic heterocycles. The summed E-state index contributed by atoms with van der Waals surface area (Å²) >= 11 is 0. The number of amides is 1. The molecule has 5 heteroatoms. The largest absolute Gasteiger partial charge is 0.480 e. The third-order valence-corrected chi connectivity index (χ3v) is 5.57. The molecule has 1 amide bonds. The van der Waals surface area contributed by atoms with Gasteiger partial charge in [-0.05, 0) is 56.5 Å². The van der Waals surface area contributed by atoms with E-state index in [4.69, 9.17) is 4.74 Å². The molecule has 0 unspecified atom stereocenters. The predicted octanol–water partition coefficient (Wildman–Crippen LogP) is 4.02. The summed E-state index contributed by atoms with van der Waals surface area (Å²) in [5.41, 5.74) is 2.81. The number of hydrogen-bond donors (Lipinski definition) is 1. The molecule has 0 radical (unpaired) electrons. The second-order valence-electron chi connectivity index (χ2n) is 7.67. The zero-order chi connectivity index (χ0) is 20.6. The average molecular weight is 392 g/mol. The van der Waals surface area contributed by atoms with Crippen LogP contribution in [-0.4, -0.2) is 29.5 Å². The second kappa shape index (κ2) is 10.1. The Morgan fingerprint density at radius 2 is 1.93 bits per heavy atom. The molecule has 5 nitrogen and oxygen atoms in total. The lowest BCUT2D eigenvalue weighted by Gasteiger charge is -2.33. The topological polar surface area (TPSA) is 65.4 Å². The van der Waals surface area contributed by atoms with E-state index in [0.29, 0.717) is 23.9 Å². The van der Waals surface area contributed by atoms with E-state index in [1.165, 1.54) is 24.8 Å². The number of piperidine rings is 1. The molecule has 152 valence electrons. The van der Waals surface area contributed by atoms with E-state index in [-0.39, 0.29) is 5.91 Å². The van der Waals surface area contributed by atoms with E-state index in [0.717, 1.165) is 18.7 Å². The van der Waals surface area contributed by atoms with Gasteiger partial charge < -0.3 is 10.1 Å². The monoisotopic (exact) mass is 391 g/mol.